The number of nitrogens with one attached hydrogen (secondary N) is 1. The number of hydrogen-bond donors (Lipinski definition) is 1. The summed E-state index contributed by atoms with van der Waals surface area (Å²) in [7, 11) is 3.56. The molecule has 0 radical (unpaired) electrons. The maximum Gasteiger partial charge on any atom is 0.274 e. The average Bonchev–Trinajstić information content (AvgIpc) is 3.38. The fourth-order valence-corrected chi connectivity index (χ4v) is 4.15. The van der Waals surface area contributed by atoms with Gasteiger partial charge in [0.15, 0.2) is 5.69 Å². The first-order valence-electron chi connectivity index (χ1n) is 10.3. The first kappa shape index (κ1) is 21.2. The number of benzene rings is 1. The molecule has 164 valence electrons. The van der Waals surface area contributed by atoms with Crippen LogP contribution in [0, 0.1) is 18.6 Å². The highest BCUT2D eigenvalue weighted by molar-refractivity contribution is 5.94. The van der Waals surface area contributed by atoms with Gasteiger partial charge in [0, 0.05) is 43.5 Å². The second kappa shape index (κ2) is 8.63. The van der Waals surface area contributed by atoms with E-state index in [0.717, 1.165) is 24.1 Å². The van der Waals surface area contributed by atoms with E-state index in [1.807, 2.05) is 13.1 Å². The van der Waals surface area contributed by atoms with Crippen LogP contribution in [0.4, 0.5) is 8.78 Å². The number of aryl methyl sites for hydroxylation is 2. The molecule has 2 aromatic heterocycles. The fraction of sp³-hybridized carbons (Fsp3) is 0.391. The third-order valence-electron chi connectivity index (χ3n) is 5.92. The molecule has 0 saturated heterocycles. The van der Waals surface area contributed by atoms with E-state index in [9.17, 15) is 13.6 Å². The van der Waals surface area contributed by atoms with E-state index >= 15 is 0 Å². The van der Waals surface area contributed by atoms with E-state index in [1.165, 1.54) is 12.1 Å². The molecule has 1 N–H and O–H groups in total. The van der Waals surface area contributed by atoms with Crippen LogP contribution in [0.25, 0.3) is 0 Å². The molecule has 1 atom stereocenters. The maximum absolute atomic E-state index is 14.3. The number of halogens is 2. The van der Waals surface area contributed by atoms with Crippen LogP contribution in [0.3, 0.4) is 0 Å². The Labute approximate surface area is 179 Å². The molecule has 8 heteroatoms. The molecule has 0 bridgehead atoms. The van der Waals surface area contributed by atoms with Gasteiger partial charge in [0.1, 0.15) is 17.4 Å². The Morgan fingerprint density at radius 3 is 2.90 bits per heavy atom. The number of hydrogen-bond acceptors (Lipinski definition) is 4. The zero-order valence-electron chi connectivity index (χ0n) is 17.9. The number of fused-ring (bicyclic) bond motifs is 1. The summed E-state index contributed by atoms with van der Waals surface area (Å²) in [5.74, 6) is -0.545. The average molecular weight is 428 g/mol. The Bertz CT molecular complexity index is 1090. The van der Waals surface area contributed by atoms with Gasteiger partial charge in [-0.1, -0.05) is 6.07 Å². The van der Waals surface area contributed by atoms with E-state index in [-0.39, 0.29) is 24.1 Å². The first-order valence-corrected chi connectivity index (χ1v) is 10.3. The molecule has 0 aliphatic heterocycles. The molecule has 1 aromatic carbocycles. The Balaban J connectivity index is 1.49. The van der Waals surface area contributed by atoms with Gasteiger partial charge < -0.3 is 14.6 Å². The van der Waals surface area contributed by atoms with Gasteiger partial charge in [0.05, 0.1) is 12.8 Å². The fourth-order valence-electron chi connectivity index (χ4n) is 4.15. The van der Waals surface area contributed by atoms with E-state index in [0.29, 0.717) is 30.0 Å². The van der Waals surface area contributed by atoms with Crippen LogP contribution in [0.5, 0.6) is 0 Å². The molecule has 0 spiro atoms. The minimum absolute atomic E-state index is 0.00191. The third-order valence-corrected chi connectivity index (χ3v) is 5.92. The lowest BCUT2D eigenvalue weighted by Crippen LogP contribution is -2.36. The smallest absolute Gasteiger partial charge is 0.274 e. The van der Waals surface area contributed by atoms with Gasteiger partial charge in [0.2, 0.25) is 0 Å². The normalized spacial score (nSPS) is 15.7. The van der Waals surface area contributed by atoms with Gasteiger partial charge >= 0.3 is 0 Å². The van der Waals surface area contributed by atoms with Crippen molar-refractivity contribution in [1.29, 1.82) is 0 Å². The molecular weight excluding hydrogens is 402 g/mol. The van der Waals surface area contributed by atoms with E-state index < -0.39 is 11.6 Å². The molecule has 1 aliphatic carbocycles. The zero-order chi connectivity index (χ0) is 22.1. The minimum atomic E-state index is -0.552. The highest BCUT2D eigenvalue weighted by Crippen LogP contribution is 2.26. The zero-order valence-corrected chi connectivity index (χ0v) is 17.9. The Morgan fingerprint density at radius 1 is 1.35 bits per heavy atom. The Kier molecular flexibility index (Phi) is 5.91. The van der Waals surface area contributed by atoms with E-state index in [2.05, 4.69) is 10.4 Å². The van der Waals surface area contributed by atoms with Crippen molar-refractivity contribution >= 4 is 5.91 Å². The molecule has 1 amide bonds. The largest absolute Gasteiger partial charge is 0.467 e. The topological polar surface area (TPSA) is 63.3 Å². The molecule has 6 nitrogen and oxygen atoms in total. The lowest BCUT2D eigenvalue weighted by molar-refractivity contribution is 0.0767. The summed E-state index contributed by atoms with van der Waals surface area (Å²) in [6.07, 6.45) is 3.70. The van der Waals surface area contributed by atoms with Crippen molar-refractivity contribution in [3.05, 3.63) is 76.0 Å². The minimum Gasteiger partial charge on any atom is -0.467 e. The van der Waals surface area contributed by atoms with Crippen molar-refractivity contribution in [1.82, 2.24) is 20.0 Å². The quantitative estimate of drug-likeness (QED) is 0.653. The van der Waals surface area contributed by atoms with Crippen molar-refractivity contribution in [2.24, 2.45) is 7.05 Å². The summed E-state index contributed by atoms with van der Waals surface area (Å²) in [5.41, 5.74) is 2.81. The Morgan fingerprint density at radius 2 is 2.16 bits per heavy atom. The van der Waals surface area contributed by atoms with Crippen LogP contribution < -0.4 is 5.32 Å². The van der Waals surface area contributed by atoms with Gasteiger partial charge in [-0.05, 0) is 49.9 Å². The van der Waals surface area contributed by atoms with E-state index in [4.69, 9.17) is 4.42 Å². The van der Waals surface area contributed by atoms with Gasteiger partial charge in [-0.2, -0.15) is 5.10 Å². The Hall–Kier alpha value is -3.00. The van der Waals surface area contributed by atoms with Gasteiger partial charge in [-0.15, -0.1) is 0 Å². The number of amides is 1. The van der Waals surface area contributed by atoms with E-state index in [1.54, 1.807) is 35.9 Å². The van der Waals surface area contributed by atoms with Crippen LogP contribution in [-0.2, 0) is 33.0 Å². The summed E-state index contributed by atoms with van der Waals surface area (Å²) in [6.45, 7) is 2.07. The molecular formula is C23H26F2N4O2. The van der Waals surface area contributed by atoms with Crippen LogP contribution in [-0.4, -0.2) is 33.7 Å². The van der Waals surface area contributed by atoms with Crippen molar-refractivity contribution in [2.75, 3.05) is 7.05 Å². The van der Waals surface area contributed by atoms with Crippen molar-refractivity contribution < 1.29 is 18.0 Å². The summed E-state index contributed by atoms with van der Waals surface area (Å²) in [4.78, 5) is 14.6. The van der Waals surface area contributed by atoms with Gasteiger partial charge in [-0.25, -0.2) is 8.78 Å². The molecule has 4 rings (SSSR count). The number of carbonyl (C=O) groups excluding carboxylic acids is 1. The monoisotopic (exact) mass is 428 g/mol. The molecule has 2 heterocycles. The van der Waals surface area contributed by atoms with Crippen LogP contribution in [0.1, 0.15) is 45.1 Å². The second-order valence-electron chi connectivity index (χ2n) is 8.12. The van der Waals surface area contributed by atoms with Crippen molar-refractivity contribution in [2.45, 2.75) is 45.3 Å². The van der Waals surface area contributed by atoms with Gasteiger partial charge in [-0.3, -0.25) is 9.48 Å². The molecule has 0 saturated carbocycles. The van der Waals surface area contributed by atoms with Crippen LogP contribution in [0.2, 0.25) is 0 Å². The molecule has 1 unspecified atom stereocenters. The maximum atomic E-state index is 14.3. The summed E-state index contributed by atoms with van der Waals surface area (Å²) >= 11 is 0. The number of aromatic nitrogens is 2. The number of carbonyl (C=O) groups is 1. The van der Waals surface area contributed by atoms with Crippen LogP contribution >= 0.6 is 0 Å². The highest BCUT2D eigenvalue weighted by Gasteiger charge is 2.30. The highest BCUT2D eigenvalue weighted by atomic mass is 19.1. The standard InChI is InChI=1S/C23H26F2N4O2/c1-14-6-8-19(24)18(21(14)25)12-26-15-7-9-20-17(11-15)22(27-29(20)3)23(30)28(2)13-16-5-4-10-31-16/h4-6,8,10,15,26H,7,9,11-13H2,1-3H3. The summed E-state index contributed by atoms with van der Waals surface area (Å²) in [5, 5.41) is 7.75. The molecule has 0 fully saturated rings. The van der Waals surface area contributed by atoms with Crippen molar-refractivity contribution in [3.8, 4) is 0 Å². The lowest BCUT2D eigenvalue weighted by atomic mass is 9.91. The summed E-state index contributed by atoms with van der Waals surface area (Å²) < 4.78 is 35.5. The molecule has 1 aliphatic rings. The third kappa shape index (κ3) is 4.25. The predicted octanol–water partition coefficient (Wildman–Crippen LogP) is 3.52. The first-order chi connectivity index (χ1) is 14.8. The molecule has 3 aromatic rings. The lowest BCUT2D eigenvalue weighted by Gasteiger charge is -2.25. The summed E-state index contributed by atoms with van der Waals surface area (Å²) in [6, 6.07) is 6.33. The number of nitrogens with zero attached hydrogens (tertiary/aromatic N) is 3. The second-order valence-corrected chi connectivity index (χ2v) is 8.12. The number of furan rings is 1. The predicted molar refractivity (Wildman–Crippen MR) is 111 cm³/mol. The van der Waals surface area contributed by atoms with Crippen LogP contribution in [0.15, 0.2) is 34.9 Å². The van der Waals surface area contributed by atoms with Crippen molar-refractivity contribution in [3.63, 3.8) is 0 Å². The van der Waals surface area contributed by atoms with Gasteiger partial charge in [0.25, 0.3) is 5.91 Å². The number of rotatable bonds is 6. The SMILES string of the molecule is Cc1ccc(F)c(CNC2CCc3c(c(C(=O)N(C)Cc4ccco4)nn3C)C2)c1F. The molecule has 31 heavy (non-hydrogen) atoms.